The molecule has 0 radical (unpaired) electrons. The molecule has 0 saturated heterocycles. The molecule has 4 rings (SSSR count). The third-order valence-electron chi connectivity index (χ3n) is 3.83. The molecule has 0 unspecified atom stereocenters. The number of thiophene rings is 1. The van der Waals surface area contributed by atoms with Crippen molar-refractivity contribution in [2.75, 3.05) is 5.32 Å². The van der Waals surface area contributed by atoms with Gasteiger partial charge in [-0.1, -0.05) is 12.1 Å². The molecule has 2 aromatic heterocycles. The summed E-state index contributed by atoms with van der Waals surface area (Å²) in [5.41, 5.74) is 3.04. The highest BCUT2D eigenvalue weighted by atomic mass is 79.9. The van der Waals surface area contributed by atoms with Gasteiger partial charge in [0, 0.05) is 16.8 Å². The largest absolute Gasteiger partial charge is 0.310 e. The fourth-order valence-electron chi connectivity index (χ4n) is 2.79. The van der Waals surface area contributed by atoms with Gasteiger partial charge >= 0.3 is 0 Å². The number of halogens is 1. The second kappa shape index (κ2) is 5.37. The molecule has 1 N–H and O–H groups in total. The van der Waals surface area contributed by atoms with Crippen LogP contribution in [0.15, 0.2) is 51.9 Å². The lowest BCUT2D eigenvalue weighted by molar-refractivity contribution is -0.116. The summed E-state index contributed by atoms with van der Waals surface area (Å²) >= 11 is 5.20. The van der Waals surface area contributed by atoms with Gasteiger partial charge < -0.3 is 5.32 Å². The van der Waals surface area contributed by atoms with Crippen molar-refractivity contribution < 1.29 is 4.79 Å². The summed E-state index contributed by atoms with van der Waals surface area (Å²) in [5.74, 6) is 0.815. The number of benzene rings is 1. The molecule has 1 atom stereocenters. The molecule has 3 aromatic rings. The Hall–Kier alpha value is -1.92. The molecule has 110 valence electrons. The molecule has 0 aliphatic carbocycles. The van der Waals surface area contributed by atoms with Crippen molar-refractivity contribution in [3.8, 4) is 5.69 Å². The molecular weight excluding hydrogens is 362 g/mol. The summed E-state index contributed by atoms with van der Waals surface area (Å²) < 4.78 is 2.89. The van der Waals surface area contributed by atoms with Gasteiger partial charge in [0.15, 0.2) is 0 Å². The smallest absolute Gasteiger partial charge is 0.226 e. The number of anilines is 1. The summed E-state index contributed by atoms with van der Waals surface area (Å²) in [6.07, 6.45) is 2.21. The number of carbonyl (C=O) groups is 1. The minimum atomic E-state index is 0.0255. The highest BCUT2D eigenvalue weighted by Gasteiger charge is 2.31. The van der Waals surface area contributed by atoms with Crippen LogP contribution in [0.5, 0.6) is 0 Å². The van der Waals surface area contributed by atoms with Crippen LogP contribution in [0.3, 0.4) is 0 Å². The van der Waals surface area contributed by atoms with Gasteiger partial charge in [-0.05, 0) is 50.5 Å². The van der Waals surface area contributed by atoms with Crippen LogP contribution in [0.4, 0.5) is 5.82 Å². The molecule has 4 nitrogen and oxygen atoms in total. The van der Waals surface area contributed by atoms with E-state index in [-0.39, 0.29) is 11.8 Å². The zero-order valence-electron chi connectivity index (χ0n) is 11.5. The van der Waals surface area contributed by atoms with E-state index in [0.29, 0.717) is 6.42 Å². The maximum atomic E-state index is 12.1. The maximum Gasteiger partial charge on any atom is 0.226 e. The number of nitrogens with zero attached hydrogens (tertiary/aromatic N) is 2. The average Bonchev–Trinajstić information content (AvgIpc) is 3.16. The van der Waals surface area contributed by atoms with Crippen molar-refractivity contribution >= 4 is 39.0 Å². The lowest BCUT2D eigenvalue weighted by atomic mass is 9.92. The number of nitrogens with one attached hydrogen (secondary N) is 1. The average molecular weight is 374 g/mol. The maximum absolute atomic E-state index is 12.1. The molecule has 1 amide bonds. The Morgan fingerprint density at radius 1 is 1.32 bits per heavy atom. The first-order valence-electron chi connectivity index (χ1n) is 6.88. The highest BCUT2D eigenvalue weighted by Crippen LogP contribution is 2.38. The van der Waals surface area contributed by atoms with Gasteiger partial charge in [0.1, 0.15) is 12.1 Å². The van der Waals surface area contributed by atoms with E-state index in [2.05, 4.69) is 37.7 Å². The highest BCUT2D eigenvalue weighted by molar-refractivity contribution is 9.10. The number of para-hydroxylation sites is 1. The zero-order chi connectivity index (χ0) is 15.1. The number of rotatable bonds is 2. The first-order valence-corrected chi connectivity index (χ1v) is 8.61. The molecule has 6 heteroatoms. The normalized spacial score (nSPS) is 17.1. The zero-order valence-corrected chi connectivity index (χ0v) is 13.9. The molecule has 0 saturated carbocycles. The topological polar surface area (TPSA) is 46.9 Å². The Balaban J connectivity index is 1.86. The van der Waals surface area contributed by atoms with E-state index in [4.69, 9.17) is 0 Å². The summed E-state index contributed by atoms with van der Waals surface area (Å²) in [5, 5.41) is 7.09. The van der Waals surface area contributed by atoms with E-state index in [0.717, 1.165) is 27.2 Å². The van der Waals surface area contributed by atoms with Crippen LogP contribution in [-0.2, 0) is 4.79 Å². The lowest BCUT2D eigenvalue weighted by Gasteiger charge is -2.22. The minimum absolute atomic E-state index is 0.0255. The van der Waals surface area contributed by atoms with E-state index in [9.17, 15) is 4.79 Å². The summed E-state index contributed by atoms with van der Waals surface area (Å²) in [6.45, 7) is 0. The number of hydrogen-bond donors (Lipinski definition) is 1. The van der Waals surface area contributed by atoms with Crippen LogP contribution in [0.25, 0.3) is 5.69 Å². The second-order valence-corrected chi connectivity index (χ2v) is 6.80. The van der Waals surface area contributed by atoms with Gasteiger partial charge in [-0.25, -0.2) is 4.98 Å². The van der Waals surface area contributed by atoms with Gasteiger partial charge in [0.05, 0.1) is 11.4 Å². The van der Waals surface area contributed by atoms with E-state index in [1.54, 1.807) is 17.7 Å². The van der Waals surface area contributed by atoms with Crippen LogP contribution in [0.1, 0.15) is 23.6 Å². The number of amides is 1. The number of imidazole rings is 1. The van der Waals surface area contributed by atoms with Crippen LogP contribution in [-0.4, -0.2) is 15.5 Å². The Morgan fingerprint density at radius 2 is 2.18 bits per heavy atom. The van der Waals surface area contributed by atoms with Gasteiger partial charge in [-0.2, -0.15) is 11.3 Å². The van der Waals surface area contributed by atoms with Crippen LogP contribution in [0.2, 0.25) is 0 Å². The van der Waals surface area contributed by atoms with Crippen molar-refractivity contribution in [2.45, 2.75) is 12.3 Å². The lowest BCUT2D eigenvalue weighted by Crippen LogP contribution is -2.24. The van der Waals surface area contributed by atoms with E-state index in [1.807, 2.05) is 34.2 Å². The molecular formula is C16H12BrN3OS. The molecule has 1 aliphatic rings. The number of aromatic nitrogens is 2. The van der Waals surface area contributed by atoms with Crippen LogP contribution < -0.4 is 5.32 Å². The number of hydrogen-bond acceptors (Lipinski definition) is 3. The Bertz CT molecular complexity index is 841. The predicted molar refractivity (Wildman–Crippen MR) is 90.7 cm³/mol. The molecule has 3 heterocycles. The molecule has 1 aliphatic heterocycles. The van der Waals surface area contributed by atoms with Crippen molar-refractivity contribution in [1.29, 1.82) is 0 Å². The molecule has 0 spiro atoms. The SMILES string of the molecule is O=C1C[C@H](c2ccsc2)c2ncn(-c3ccccc3Br)c2N1. The van der Waals surface area contributed by atoms with Gasteiger partial charge in [-0.3, -0.25) is 9.36 Å². The van der Waals surface area contributed by atoms with Crippen LogP contribution >= 0.6 is 27.3 Å². The van der Waals surface area contributed by atoms with E-state index in [1.165, 1.54) is 0 Å². The first kappa shape index (κ1) is 13.7. The standard InChI is InChI=1S/C16H12BrN3OS/c17-12-3-1-2-4-13(12)20-9-18-15-11(10-5-6-22-8-10)7-14(21)19-16(15)20/h1-6,8-9,11H,7H2,(H,19,21)/t11-/m1/s1. The Labute approximate surface area is 139 Å². The van der Waals surface area contributed by atoms with Crippen molar-refractivity contribution in [3.63, 3.8) is 0 Å². The fraction of sp³-hybridized carbons (Fsp3) is 0.125. The monoisotopic (exact) mass is 373 g/mol. The summed E-state index contributed by atoms with van der Waals surface area (Å²) in [7, 11) is 0. The molecule has 1 aromatic carbocycles. The summed E-state index contributed by atoms with van der Waals surface area (Å²) in [6, 6.07) is 9.96. The van der Waals surface area contributed by atoms with Crippen molar-refractivity contribution in [2.24, 2.45) is 0 Å². The first-order chi connectivity index (χ1) is 10.7. The third kappa shape index (κ3) is 2.19. The minimum Gasteiger partial charge on any atom is -0.310 e. The van der Waals surface area contributed by atoms with Crippen molar-refractivity contribution in [1.82, 2.24) is 9.55 Å². The van der Waals surface area contributed by atoms with Gasteiger partial charge in [0.2, 0.25) is 5.91 Å². The molecule has 0 bridgehead atoms. The summed E-state index contributed by atoms with van der Waals surface area (Å²) in [4.78, 5) is 16.7. The predicted octanol–water partition coefficient (Wildman–Crippen LogP) is 4.17. The second-order valence-electron chi connectivity index (χ2n) is 5.16. The third-order valence-corrected chi connectivity index (χ3v) is 5.20. The van der Waals surface area contributed by atoms with Crippen LogP contribution in [0, 0.1) is 0 Å². The van der Waals surface area contributed by atoms with E-state index >= 15 is 0 Å². The van der Waals surface area contributed by atoms with Gasteiger partial charge in [0.25, 0.3) is 0 Å². The van der Waals surface area contributed by atoms with Gasteiger partial charge in [-0.15, -0.1) is 0 Å². The number of fused-ring (bicyclic) bond motifs is 1. The molecule has 0 fully saturated rings. The molecule has 22 heavy (non-hydrogen) atoms. The Morgan fingerprint density at radius 3 is 2.95 bits per heavy atom. The quantitative estimate of drug-likeness (QED) is 0.732. The fourth-order valence-corrected chi connectivity index (χ4v) is 3.98. The number of carbonyl (C=O) groups excluding carboxylic acids is 1. The van der Waals surface area contributed by atoms with E-state index < -0.39 is 0 Å². The van der Waals surface area contributed by atoms with Crippen molar-refractivity contribution in [3.05, 3.63) is 63.1 Å². The Kier molecular flexibility index (Phi) is 3.35.